The van der Waals surface area contributed by atoms with E-state index in [0.29, 0.717) is 22.9 Å². The van der Waals surface area contributed by atoms with Crippen LogP contribution in [0.4, 0.5) is 10.5 Å². The molecule has 0 saturated carbocycles. The molecule has 4 rings (SSSR count). The Labute approximate surface area is 151 Å². The van der Waals surface area contributed by atoms with E-state index in [2.05, 4.69) is 5.32 Å². The Bertz CT molecular complexity index is 870. The molecule has 2 aliphatic heterocycles. The Morgan fingerprint density at radius 2 is 2.12 bits per heavy atom. The lowest BCUT2D eigenvalue weighted by atomic mass is 9.90. The molecule has 1 unspecified atom stereocenters. The Kier molecular flexibility index (Phi) is 3.58. The Morgan fingerprint density at radius 1 is 1.32 bits per heavy atom. The fourth-order valence-electron chi connectivity index (χ4n) is 3.68. The van der Waals surface area contributed by atoms with Crippen LogP contribution in [0.5, 0.6) is 11.5 Å². The second kappa shape index (κ2) is 5.56. The number of nitrogens with one attached hydrogen (secondary N) is 1. The molecule has 2 amide bonds. The molecule has 0 spiro atoms. The maximum absolute atomic E-state index is 12.9. The van der Waals surface area contributed by atoms with E-state index in [1.807, 2.05) is 44.2 Å². The van der Waals surface area contributed by atoms with E-state index in [-0.39, 0.29) is 12.1 Å². The number of halogens is 1. The van der Waals surface area contributed by atoms with Crippen molar-refractivity contribution in [1.82, 2.24) is 5.32 Å². The zero-order valence-electron chi connectivity index (χ0n) is 14.3. The summed E-state index contributed by atoms with van der Waals surface area (Å²) in [5.41, 5.74) is 1.83. The van der Waals surface area contributed by atoms with Crippen LogP contribution in [0.15, 0.2) is 36.4 Å². The van der Waals surface area contributed by atoms with Crippen LogP contribution in [0.2, 0.25) is 5.02 Å². The minimum absolute atomic E-state index is 0.132. The quantitative estimate of drug-likeness (QED) is 0.864. The van der Waals surface area contributed by atoms with Gasteiger partial charge in [0.15, 0.2) is 5.72 Å². The Hall–Kier alpha value is -2.40. The molecule has 2 atom stereocenters. The van der Waals surface area contributed by atoms with E-state index in [0.717, 1.165) is 16.9 Å². The third kappa shape index (κ3) is 2.50. The largest absolute Gasteiger partial charge is 0.495 e. The highest BCUT2D eigenvalue weighted by Crippen LogP contribution is 2.47. The first-order valence-electron chi connectivity index (χ1n) is 8.15. The Balaban J connectivity index is 1.83. The lowest BCUT2D eigenvalue weighted by molar-refractivity contribution is 0.0375. The molecule has 5 nitrogen and oxygen atoms in total. The molecule has 25 heavy (non-hydrogen) atoms. The lowest BCUT2D eigenvalue weighted by Gasteiger charge is -2.50. The maximum Gasteiger partial charge on any atom is 0.325 e. The van der Waals surface area contributed by atoms with Gasteiger partial charge in [-0.3, -0.25) is 4.90 Å². The summed E-state index contributed by atoms with van der Waals surface area (Å²) < 4.78 is 11.7. The van der Waals surface area contributed by atoms with Crippen LogP contribution in [-0.2, 0) is 0 Å². The predicted molar refractivity (Wildman–Crippen MR) is 96.6 cm³/mol. The van der Waals surface area contributed by atoms with E-state index in [9.17, 15) is 4.79 Å². The summed E-state index contributed by atoms with van der Waals surface area (Å²) in [6.07, 6.45) is 0.614. The molecule has 2 aromatic rings. The van der Waals surface area contributed by atoms with Crippen molar-refractivity contribution < 1.29 is 14.3 Å². The average Bonchev–Trinajstić information content (AvgIpc) is 2.55. The van der Waals surface area contributed by atoms with Crippen molar-refractivity contribution in [2.24, 2.45) is 0 Å². The molecule has 1 N–H and O–H groups in total. The highest BCUT2D eigenvalue weighted by atomic mass is 35.5. The van der Waals surface area contributed by atoms with Gasteiger partial charge < -0.3 is 14.8 Å². The highest BCUT2D eigenvalue weighted by molar-refractivity contribution is 6.30. The SMILES string of the molecule is COc1ccc(C)cc1N1C(=O)NC2C[C@]1(C)Oc1ccc(Cl)cc12. The molecule has 2 bridgehead atoms. The van der Waals surface area contributed by atoms with E-state index in [1.54, 1.807) is 18.1 Å². The van der Waals surface area contributed by atoms with Crippen molar-refractivity contribution in [2.45, 2.75) is 32.0 Å². The summed E-state index contributed by atoms with van der Waals surface area (Å²) in [6, 6.07) is 10.9. The van der Waals surface area contributed by atoms with Gasteiger partial charge in [-0.05, 0) is 49.7 Å². The van der Waals surface area contributed by atoms with Crippen LogP contribution in [0.3, 0.4) is 0 Å². The topological polar surface area (TPSA) is 50.8 Å². The van der Waals surface area contributed by atoms with Gasteiger partial charge in [-0.25, -0.2) is 4.79 Å². The number of hydrogen-bond acceptors (Lipinski definition) is 3. The molecule has 6 heteroatoms. The summed E-state index contributed by atoms with van der Waals surface area (Å²) in [7, 11) is 1.60. The number of urea groups is 1. The molecule has 2 aromatic carbocycles. The summed E-state index contributed by atoms with van der Waals surface area (Å²) in [4.78, 5) is 14.6. The fraction of sp³-hybridized carbons (Fsp3) is 0.316. The number of carbonyl (C=O) groups excluding carboxylic acids is 1. The minimum Gasteiger partial charge on any atom is -0.495 e. The standard InChI is InChI=1S/C19H19ClN2O3/c1-11-4-6-17(24-3)15(8-11)22-18(23)21-14-10-19(22,2)25-16-7-5-12(20)9-13(14)16/h4-9,14H,10H2,1-3H3,(H,21,23)/t14?,19-/m0/s1. The van der Waals surface area contributed by atoms with Gasteiger partial charge in [0.1, 0.15) is 11.5 Å². The van der Waals surface area contributed by atoms with Crippen LogP contribution in [0.1, 0.15) is 30.5 Å². The van der Waals surface area contributed by atoms with E-state index in [1.165, 1.54) is 0 Å². The summed E-state index contributed by atoms with van der Waals surface area (Å²) in [5, 5.41) is 3.70. The zero-order valence-corrected chi connectivity index (χ0v) is 15.1. The van der Waals surface area contributed by atoms with Gasteiger partial charge in [-0.15, -0.1) is 0 Å². The number of rotatable bonds is 2. The van der Waals surface area contributed by atoms with Crippen LogP contribution in [0, 0.1) is 6.92 Å². The lowest BCUT2D eigenvalue weighted by Crippen LogP contribution is -2.65. The smallest absolute Gasteiger partial charge is 0.325 e. The number of methoxy groups -OCH3 is 1. The van der Waals surface area contributed by atoms with Gasteiger partial charge in [0.2, 0.25) is 0 Å². The van der Waals surface area contributed by atoms with Crippen LogP contribution in [-0.4, -0.2) is 18.9 Å². The van der Waals surface area contributed by atoms with Crippen LogP contribution in [0.25, 0.3) is 0 Å². The fourth-order valence-corrected chi connectivity index (χ4v) is 3.87. The van der Waals surface area contributed by atoms with Gasteiger partial charge in [0.05, 0.1) is 18.8 Å². The van der Waals surface area contributed by atoms with Gasteiger partial charge in [-0.1, -0.05) is 17.7 Å². The van der Waals surface area contributed by atoms with Gasteiger partial charge in [0, 0.05) is 17.0 Å². The molecule has 2 aliphatic rings. The number of aryl methyl sites for hydroxylation is 1. The molecule has 130 valence electrons. The second-order valence-electron chi connectivity index (χ2n) is 6.68. The van der Waals surface area contributed by atoms with Crippen molar-refractivity contribution in [2.75, 3.05) is 12.0 Å². The maximum atomic E-state index is 12.9. The minimum atomic E-state index is -0.811. The second-order valence-corrected chi connectivity index (χ2v) is 7.11. The third-order valence-electron chi connectivity index (χ3n) is 4.81. The summed E-state index contributed by atoms with van der Waals surface area (Å²) in [5.74, 6) is 1.37. The number of amides is 2. The average molecular weight is 359 g/mol. The molecule has 1 fully saturated rings. The first-order valence-corrected chi connectivity index (χ1v) is 8.53. The van der Waals surface area contributed by atoms with Gasteiger partial charge in [0.25, 0.3) is 0 Å². The van der Waals surface area contributed by atoms with Crippen molar-refractivity contribution in [3.63, 3.8) is 0 Å². The number of hydrogen-bond donors (Lipinski definition) is 1. The van der Waals surface area contributed by atoms with E-state index in [4.69, 9.17) is 21.1 Å². The normalized spacial score (nSPS) is 24.2. The third-order valence-corrected chi connectivity index (χ3v) is 5.04. The van der Waals surface area contributed by atoms with Crippen molar-refractivity contribution in [3.05, 3.63) is 52.5 Å². The first-order chi connectivity index (χ1) is 11.9. The van der Waals surface area contributed by atoms with E-state index < -0.39 is 5.72 Å². The van der Waals surface area contributed by atoms with Gasteiger partial charge in [-0.2, -0.15) is 0 Å². The molecule has 1 saturated heterocycles. The highest BCUT2D eigenvalue weighted by Gasteiger charge is 2.50. The van der Waals surface area contributed by atoms with Crippen LogP contribution >= 0.6 is 11.6 Å². The number of benzene rings is 2. The Morgan fingerprint density at radius 3 is 2.88 bits per heavy atom. The number of nitrogens with zero attached hydrogens (tertiary/aromatic N) is 1. The summed E-state index contributed by atoms with van der Waals surface area (Å²) >= 11 is 6.11. The monoisotopic (exact) mass is 358 g/mol. The molecular weight excluding hydrogens is 340 g/mol. The first kappa shape index (κ1) is 16.1. The van der Waals surface area contributed by atoms with E-state index >= 15 is 0 Å². The molecule has 2 heterocycles. The zero-order chi connectivity index (χ0) is 17.8. The van der Waals surface area contributed by atoms with Crippen molar-refractivity contribution in [3.8, 4) is 11.5 Å². The van der Waals surface area contributed by atoms with Crippen molar-refractivity contribution in [1.29, 1.82) is 0 Å². The van der Waals surface area contributed by atoms with Crippen molar-refractivity contribution >= 4 is 23.3 Å². The molecule has 0 aromatic heterocycles. The predicted octanol–water partition coefficient (Wildman–Crippen LogP) is 4.43. The molecule has 0 radical (unpaired) electrons. The molecular formula is C19H19ClN2O3. The number of carbonyl (C=O) groups is 1. The van der Waals surface area contributed by atoms with Gasteiger partial charge >= 0.3 is 6.03 Å². The number of fused-ring (bicyclic) bond motifs is 4. The van der Waals surface area contributed by atoms with Crippen LogP contribution < -0.4 is 19.7 Å². The number of anilines is 1. The number of ether oxygens (including phenoxy) is 2. The summed E-state index contributed by atoms with van der Waals surface area (Å²) in [6.45, 7) is 3.91. The molecule has 0 aliphatic carbocycles.